The highest BCUT2D eigenvalue weighted by Crippen LogP contribution is 2.28. The van der Waals surface area contributed by atoms with Gasteiger partial charge in [0.1, 0.15) is 5.69 Å². The molecule has 2 aromatic rings. The number of nitrogens with one attached hydrogen (secondary N) is 1. The van der Waals surface area contributed by atoms with Gasteiger partial charge in [0.05, 0.1) is 11.5 Å². The van der Waals surface area contributed by atoms with Crippen molar-refractivity contribution >= 4 is 22.9 Å². The summed E-state index contributed by atoms with van der Waals surface area (Å²) in [6, 6.07) is 14.8. The molecule has 1 unspecified atom stereocenters. The van der Waals surface area contributed by atoms with E-state index in [2.05, 4.69) is 10.3 Å². The molecular formula is C19H19N3O3. The monoisotopic (exact) mass is 337 g/mol. The van der Waals surface area contributed by atoms with Gasteiger partial charge in [0.2, 0.25) is 0 Å². The van der Waals surface area contributed by atoms with E-state index in [4.69, 9.17) is 0 Å². The van der Waals surface area contributed by atoms with Gasteiger partial charge in [0, 0.05) is 36.2 Å². The van der Waals surface area contributed by atoms with Gasteiger partial charge in [0.25, 0.3) is 5.69 Å². The zero-order valence-corrected chi connectivity index (χ0v) is 13.9. The molecule has 1 aliphatic rings. The second-order valence-corrected chi connectivity index (χ2v) is 6.17. The Labute approximate surface area is 145 Å². The predicted molar refractivity (Wildman–Crippen MR) is 97.1 cm³/mol. The van der Waals surface area contributed by atoms with Crippen molar-refractivity contribution in [1.29, 1.82) is 0 Å². The first-order valence-electron chi connectivity index (χ1n) is 8.17. The molecule has 25 heavy (non-hydrogen) atoms. The van der Waals surface area contributed by atoms with Gasteiger partial charge in [-0.05, 0) is 11.6 Å². The molecule has 3 rings (SSSR count). The third-order valence-corrected chi connectivity index (χ3v) is 4.24. The van der Waals surface area contributed by atoms with E-state index >= 15 is 0 Å². The lowest BCUT2D eigenvalue weighted by atomic mass is 9.91. The standard InChI is InChI=1S/C19H19N3O3/c1-13-9-16(23)12-21-19(13)15-7-8-17(18(10-15)22(24)25)20-11-14-5-3-2-4-6-14/h2-8,10,13,20H,9,11-12H2,1H3. The molecule has 0 radical (unpaired) electrons. The summed E-state index contributed by atoms with van der Waals surface area (Å²) < 4.78 is 0. The van der Waals surface area contributed by atoms with Crippen LogP contribution in [0, 0.1) is 16.0 Å². The Balaban J connectivity index is 1.86. The van der Waals surface area contributed by atoms with Crippen LogP contribution in [-0.4, -0.2) is 23.0 Å². The van der Waals surface area contributed by atoms with Gasteiger partial charge in [-0.25, -0.2) is 0 Å². The molecule has 0 aliphatic carbocycles. The number of hydrogen-bond donors (Lipinski definition) is 1. The highest BCUT2D eigenvalue weighted by molar-refractivity contribution is 6.07. The molecule has 0 spiro atoms. The lowest BCUT2D eigenvalue weighted by Gasteiger charge is -2.19. The maximum absolute atomic E-state index is 11.5. The first kappa shape index (κ1) is 16.8. The zero-order valence-electron chi connectivity index (χ0n) is 13.9. The number of aliphatic imine (C=N–C) groups is 1. The van der Waals surface area contributed by atoms with Gasteiger partial charge >= 0.3 is 0 Å². The highest BCUT2D eigenvalue weighted by atomic mass is 16.6. The number of ketones is 1. The minimum absolute atomic E-state index is 0.0141. The number of nitro groups is 1. The van der Waals surface area contributed by atoms with Crippen LogP contribution in [0.2, 0.25) is 0 Å². The molecule has 1 heterocycles. The van der Waals surface area contributed by atoms with Gasteiger partial charge in [0.15, 0.2) is 5.78 Å². The van der Waals surface area contributed by atoms with Crippen LogP contribution in [0.25, 0.3) is 0 Å². The fourth-order valence-electron chi connectivity index (χ4n) is 2.99. The Morgan fingerprint density at radius 1 is 1.24 bits per heavy atom. The largest absolute Gasteiger partial charge is 0.375 e. The lowest BCUT2D eigenvalue weighted by molar-refractivity contribution is -0.384. The Morgan fingerprint density at radius 3 is 2.68 bits per heavy atom. The maximum atomic E-state index is 11.5. The molecule has 0 saturated carbocycles. The van der Waals surface area contributed by atoms with Gasteiger partial charge in [-0.2, -0.15) is 0 Å². The van der Waals surface area contributed by atoms with Crippen LogP contribution in [0.4, 0.5) is 11.4 Å². The van der Waals surface area contributed by atoms with E-state index in [0.717, 1.165) is 11.3 Å². The average Bonchev–Trinajstić information content (AvgIpc) is 2.61. The number of benzene rings is 2. The molecule has 1 N–H and O–H groups in total. The molecule has 0 fully saturated rings. The summed E-state index contributed by atoms with van der Waals surface area (Å²) in [7, 11) is 0. The molecule has 0 bridgehead atoms. The minimum Gasteiger partial charge on any atom is -0.375 e. The van der Waals surface area contributed by atoms with Crippen molar-refractivity contribution in [2.24, 2.45) is 10.9 Å². The van der Waals surface area contributed by atoms with Crippen molar-refractivity contribution < 1.29 is 9.72 Å². The zero-order chi connectivity index (χ0) is 17.8. The Hall–Kier alpha value is -3.02. The first-order valence-corrected chi connectivity index (χ1v) is 8.17. The van der Waals surface area contributed by atoms with Crippen LogP contribution in [0.15, 0.2) is 53.5 Å². The van der Waals surface area contributed by atoms with E-state index in [1.807, 2.05) is 43.3 Å². The fraction of sp³-hybridized carbons (Fsp3) is 0.263. The quantitative estimate of drug-likeness (QED) is 0.667. The van der Waals surface area contributed by atoms with Crippen molar-refractivity contribution in [3.8, 4) is 0 Å². The van der Waals surface area contributed by atoms with Crippen LogP contribution in [0.5, 0.6) is 0 Å². The summed E-state index contributed by atoms with van der Waals surface area (Å²) in [4.78, 5) is 26.9. The average molecular weight is 337 g/mol. The molecule has 1 atom stereocenters. The molecule has 6 nitrogen and oxygen atoms in total. The van der Waals surface area contributed by atoms with Crippen molar-refractivity contribution in [2.45, 2.75) is 19.9 Å². The summed E-state index contributed by atoms with van der Waals surface area (Å²) in [5.74, 6) is 0.0795. The lowest BCUT2D eigenvalue weighted by Crippen LogP contribution is -2.24. The first-order chi connectivity index (χ1) is 12.0. The molecule has 2 aromatic carbocycles. The number of Topliss-reactive ketones (excluding diaryl/α,β-unsaturated/α-hetero) is 1. The highest BCUT2D eigenvalue weighted by Gasteiger charge is 2.24. The Morgan fingerprint density at radius 2 is 2.00 bits per heavy atom. The van der Waals surface area contributed by atoms with Gasteiger partial charge in [-0.3, -0.25) is 19.9 Å². The van der Waals surface area contributed by atoms with Crippen LogP contribution < -0.4 is 5.32 Å². The summed E-state index contributed by atoms with van der Waals surface area (Å²) in [6.07, 6.45) is 0.431. The summed E-state index contributed by atoms with van der Waals surface area (Å²) >= 11 is 0. The molecular weight excluding hydrogens is 318 g/mol. The van der Waals surface area contributed by atoms with E-state index < -0.39 is 4.92 Å². The number of nitrogens with zero attached hydrogens (tertiary/aromatic N) is 2. The number of rotatable bonds is 5. The molecule has 0 amide bonds. The number of hydrogen-bond acceptors (Lipinski definition) is 5. The van der Waals surface area contributed by atoms with E-state index in [1.54, 1.807) is 12.1 Å². The predicted octanol–water partition coefficient (Wildman–Crippen LogP) is 3.60. The van der Waals surface area contributed by atoms with Crippen LogP contribution in [0.1, 0.15) is 24.5 Å². The maximum Gasteiger partial charge on any atom is 0.292 e. The van der Waals surface area contributed by atoms with E-state index in [9.17, 15) is 14.9 Å². The Kier molecular flexibility index (Phi) is 4.88. The molecule has 0 saturated heterocycles. The summed E-state index contributed by atoms with van der Waals surface area (Å²) in [6.45, 7) is 2.58. The molecule has 6 heteroatoms. The summed E-state index contributed by atoms with van der Waals surface area (Å²) in [5.41, 5.74) is 3.00. The molecule has 128 valence electrons. The van der Waals surface area contributed by atoms with Crippen molar-refractivity contribution in [1.82, 2.24) is 0 Å². The molecule has 1 aliphatic heterocycles. The third-order valence-electron chi connectivity index (χ3n) is 4.24. The molecule has 0 aromatic heterocycles. The van der Waals surface area contributed by atoms with Crippen molar-refractivity contribution in [3.05, 3.63) is 69.8 Å². The van der Waals surface area contributed by atoms with E-state index in [0.29, 0.717) is 24.2 Å². The van der Waals surface area contributed by atoms with Crippen LogP contribution >= 0.6 is 0 Å². The topological polar surface area (TPSA) is 84.6 Å². The second-order valence-electron chi connectivity index (χ2n) is 6.17. The van der Waals surface area contributed by atoms with Gasteiger partial charge in [-0.1, -0.05) is 43.3 Å². The third kappa shape index (κ3) is 3.91. The number of anilines is 1. The van der Waals surface area contributed by atoms with E-state index in [-0.39, 0.29) is 23.9 Å². The SMILES string of the molecule is CC1CC(=O)CN=C1c1ccc(NCc2ccccc2)c([N+](=O)[O-])c1. The second kappa shape index (κ2) is 7.25. The van der Waals surface area contributed by atoms with Gasteiger partial charge < -0.3 is 5.32 Å². The van der Waals surface area contributed by atoms with Crippen molar-refractivity contribution in [2.75, 3.05) is 11.9 Å². The summed E-state index contributed by atoms with van der Waals surface area (Å²) in [5, 5.41) is 14.6. The minimum atomic E-state index is -0.393. The van der Waals surface area contributed by atoms with E-state index in [1.165, 1.54) is 0 Å². The van der Waals surface area contributed by atoms with Crippen LogP contribution in [0.3, 0.4) is 0 Å². The Bertz CT molecular complexity index is 831. The van der Waals surface area contributed by atoms with Crippen LogP contribution in [-0.2, 0) is 11.3 Å². The fourth-order valence-corrected chi connectivity index (χ4v) is 2.99. The number of nitro benzene ring substituents is 1. The van der Waals surface area contributed by atoms with Crippen molar-refractivity contribution in [3.63, 3.8) is 0 Å². The number of carbonyl (C=O) groups excluding carboxylic acids is 1. The normalized spacial score (nSPS) is 17.1. The smallest absolute Gasteiger partial charge is 0.292 e. The number of carbonyl (C=O) groups is 1. The van der Waals surface area contributed by atoms with Gasteiger partial charge in [-0.15, -0.1) is 0 Å².